The van der Waals surface area contributed by atoms with Crippen LogP contribution in [-0.2, 0) is 4.79 Å². The van der Waals surface area contributed by atoms with E-state index in [-0.39, 0.29) is 4.90 Å². The molecule has 0 spiro atoms. The third-order valence-electron chi connectivity index (χ3n) is 1.37. The van der Waals surface area contributed by atoms with Gasteiger partial charge < -0.3 is 0 Å². The van der Waals surface area contributed by atoms with Gasteiger partial charge in [0.05, 0.1) is 0 Å². The lowest BCUT2D eigenvalue weighted by Crippen LogP contribution is -2.37. The minimum Gasteiger partial charge on any atom is -0.274 e. The van der Waals surface area contributed by atoms with E-state index in [1.165, 1.54) is 0 Å². The van der Waals surface area contributed by atoms with E-state index in [4.69, 9.17) is 0 Å². The fraction of sp³-hybridized carbons (Fsp3) is 0.400. The first-order chi connectivity index (χ1) is 4.89. The number of hydrogen-bond donors (Lipinski definition) is 0. The van der Waals surface area contributed by atoms with Gasteiger partial charge in [0.1, 0.15) is 0 Å². The van der Waals surface area contributed by atoms with Gasteiger partial charge in [0.2, 0.25) is 11.7 Å². The molecule has 0 aromatic carbocycles. The zero-order valence-corrected chi connectivity index (χ0v) is 5.37. The van der Waals surface area contributed by atoms with Crippen molar-refractivity contribution in [3.63, 3.8) is 0 Å². The first-order valence-electron chi connectivity index (χ1n) is 2.60. The van der Waals surface area contributed by atoms with Crippen LogP contribution in [0.15, 0.2) is 11.7 Å². The van der Waals surface area contributed by atoms with Crippen molar-refractivity contribution >= 4 is 5.91 Å². The van der Waals surface area contributed by atoms with E-state index in [2.05, 4.69) is 0 Å². The molecule has 0 saturated carbocycles. The van der Waals surface area contributed by atoms with Crippen molar-refractivity contribution in [3.05, 3.63) is 11.7 Å². The second-order valence-electron chi connectivity index (χ2n) is 2.03. The van der Waals surface area contributed by atoms with Crippen molar-refractivity contribution in [2.45, 2.75) is 6.05 Å². The van der Waals surface area contributed by atoms with Gasteiger partial charge in [0, 0.05) is 7.05 Å². The van der Waals surface area contributed by atoms with Crippen molar-refractivity contribution < 1.29 is 22.4 Å². The van der Waals surface area contributed by atoms with Gasteiger partial charge in [-0.15, -0.1) is 0 Å². The molecule has 0 aliphatic carbocycles. The summed E-state index contributed by atoms with van der Waals surface area (Å²) in [4.78, 5) is 10.0. The average Bonchev–Trinajstić information content (AvgIpc) is 2.06. The Balaban J connectivity index is 3.16. The van der Waals surface area contributed by atoms with E-state index >= 15 is 0 Å². The highest BCUT2D eigenvalue weighted by Crippen LogP contribution is 2.38. The summed E-state index contributed by atoms with van der Waals surface area (Å²) in [7, 11) is 0.620. The molecule has 0 bridgehead atoms. The van der Waals surface area contributed by atoms with Gasteiger partial charge in [0.25, 0.3) is 5.91 Å². The second kappa shape index (κ2) is 1.96. The van der Waals surface area contributed by atoms with E-state index in [0.717, 1.165) is 0 Å². The highest BCUT2D eigenvalue weighted by atomic mass is 19.3. The fourth-order valence-electron chi connectivity index (χ4n) is 0.648. The predicted octanol–water partition coefficient (Wildman–Crippen LogP) is 1.20. The third kappa shape index (κ3) is 0.816. The Bertz CT molecular complexity index is 247. The largest absolute Gasteiger partial charge is 0.384 e. The van der Waals surface area contributed by atoms with E-state index in [9.17, 15) is 22.4 Å². The zero-order valence-electron chi connectivity index (χ0n) is 5.37. The first-order valence-corrected chi connectivity index (χ1v) is 2.60. The molecule has 0 saturated heterocycles. The van der Waals surface area contributed by atoms with Crippen molar-refractivity contribution in [1.82, 2.24) is 4.90 Å². The molecule has 0 fully saturated rings. The standard InChI is InChI=1S/C5H3F4NO/c1-10-4(11)2(6)3(7)5(10,8)9/h1H3. The van der Waals surface area contributed by atoms with Gasteiger partial charge in [-0.3, -0.25) is 9.69 Å². The maximum absolute atomic E-state index is 12.3. The van der Waals surface area contributed by atoms with Crippen LogP contribution < -0.4 is 0 Å². The summed E-state index contributed by atoms with van der Waals surface area (Å²) in [6.07, 6.45) is 0. The number of likely N-dealkylation sites (N-methyl/N-ethyl adjacent to an activating group) is 1. The van der Waals surface area contributed by atoms with Gasteiger partial charge in [-0.25, -0.2) is 0 Å². The highest BCUT2D eigenvalue weighted by Gasteiger charge is 2.53. The molecule has 1 amide bonds. The van der Waals surface area contributed by atoms with Crippen molar-refractivity contribution in [2.75, 3.05) is 7.05 Å². The lowest BCUT2D eigenvalue weighted by Gasteiger charge is -2.17. The molecule has 0 aromatic rings. The molecule has 0 radical (unpaired) electrons. The van der Waals surface area contributed by atoms with E-state index < -0.39 is 23.6 Å². The second-order valence-corrected chi connectivity index (χ2v) is 2.03. The monoisotopic (exact) mass is 169 g/mol. The van der Waals surface area contributed by atoms with Crippen LogP contribution in [0.3, 0.4) is 0 Å². The van der Waals surface area contributed by atoms with Crippen LogP contribution in [0, 0.1) is 0 Å². The molecular weight excluding hydrogens is 166 g/mol. The fourth-order valence-corrected chi connectivity index (χ4v) is 0.648. The number of rotatable bonds is 0. The molecule has 1 rings (SSSR count). The van der Waals surface area contributed by atoms with Crippen LogP contribution in [0.4, 0.5) is 17.6 Å². The normalized spacial score (nSPS) is 23.4. The number of amides is 1. The number of nitrogens with zero attached hydrogens (tertiary/aromatic N) is 1. The summed E-state index contributed by atoms with van der Waals surface area (Å²) in [5.41, 5.74) is 0. The lowest BCUT2D eigenvalue weighted by molar-refractivity contribution is -0.149. The number of carbonyl (C=O) groups excluding carboxylic acids is 1. The zero-order chi connectivity index (χ0) is 8.81. The minimum absolute atomic E-state index is 0.294. The number of alkyl halides is 2. The SMILES string of the molecule is CN1C(=O)C(F)=C(F)C1(F)F. The van der Waals surface area contributed by atoms with Gasteiger partial charge in [-0.2, -0.15) is 17.6 Å². The Morgan fingerprint density at radius 3 is 1.91 bits per heavy atom. The Hall–Kier alpha value is -1.07. The summed E-state index contributed by atoms with van der Waals surface area (Å²) in [6, 6.07) is -4.12. The van der Waals surface area contributed by atoms with Crippen molar-refractivity contribution in [3.8, 4) is 0 Å². The Labute approximate surface area is 59.1 Å². The minimum atomic E-state index is -4.12. The summed E-state index contributed by atoms with van der Waals surface area (Å²) in [5, 5.41) is 0. The topological polar surface area (TPSA) is 20.3 Å². The van der Waals surface area contributed by atoms with Gasteiger partial charge in [-0.05, 0) is 0 Å². The highest BCUT2D eigenvalue weighted by molar-refractivity contribution is 5.95. The predicted molar refractivity (Wildman–Crippen MR) is 27.0 cm³/mol. The number of carbonyl (C=O) groups is 1. The Kier molecular flexibility index (Phi) is 1.43. The molecule has 0 N–H and O–H groups in total. The Morgan fingerprint density at radius 1 is 1.36 bits per heavy atom. The molecule has 0 atom stereocenters. The van der Waals surface area contributed by atoms with E-state index in [1.807, 2.05) is 0 Å². The maximum Gasteiger partial charge on any atom is 0.384 e. The molecule has 11 heavy (non-hydrogen) atoms. The molecule has 1 aliphatic rings. The van der Waals surface area contributed by atoms with E-state index in [0.29, 0.717) is 7.05 Å². The molecule has 6 heteroatoms. The quantitative estimate of drug-likeness (QED) is 0.394. The summed E-state index contributed by atoms with van der Waals surface area (Å²) in [5.74, 6) is -5.96. The molecular formula is C5H3F4NO. The lowest BCUT2D eigenvalue weighted by atomic mass is 10.5. The maximum atomic E-state index is 12.3. The van der Waals surface area contributed by atoms with Crippen molar-refractivity contribution in [2.24, 2.45) is 0 Å². The van der Waals surface area contributed by atoms with Crippen LogP contribution in [0.5, 0.6) is 0 Å². The molecule has 0 unspecified atom stereocenters. The number of hydrogen-bond acceptors (Lipinski definition) is 1. The average molecular weight is 169 g/mol. The number of halogens is 4. The van der Waals surface area contributed by atoms with Gasteiger partial charge >= 0.3 is 6.05 Å². The molecule has 2 nitrogen and oxygen atoms in total. The summed E-state index contributed by atoms with van der Waals surface area (Å²) < 4.78 is 48.7. The van der Waals surface area contributed by atoms with Crippen LogP contribution in [0.1, 0.15) is 0 Å². The molecule has 62 valence electrons. The van der Waals surface area contributed by atoms with Gasteiger partial charge in [0.15, 0.2) is 0 Å². The van der Waals surface area contributed by atoms with Crippen LogP contribution in [-0.4, -0.2) is 23.9 Å². The molecule has 0 aromatic heterocycles. The van der Waals surface area contributed by atoms with Crippen molar-refractivity contribution in [1.29, 1.82) is 0 Å². The summed E-state index contributed by atoms with van der Waals surface area (Å²) in [6.45, 7) is 0. The first kappa shape index (κ1) is 8.03. The molecule has 1 heterocycles. The van der Waals surface area contributed by atoms with E-state index in [1.54, 1.807) is 0 Å². The third-order valence-corrected chi connectivity index (χ3v) is 1.37. The van der Waals surface area contributed by atoms with Gasteiger partial charge in [-0.1, -0.05) is 0 Å². The molecule has 1 aliphatic heterocycles. The van der Waals surface area contributed by atoms with Crippen LogP contribution in [0.2, 0.25) is 0 Å². The van der Waals surface area contributed by atoms with Crippen LogP contribution >= 0.6 is 0 Å². The summed E-state index contributed by atoms with van der Waals surface area (Å²) >= 11 is 0. The van der Waals surface area contributed by atoms with Crippen LogP contribution in [0.25, 0.3) is 0 Å². The Morgan fingerprint density at radius 2 is 1.82 bits per heavy atom. The smallest absolute Gasteiger partial charge is 0.274 e.